The standard InChI is InChI=1S/C29H29NO9/c1-13(9-8-10-15(3)31)29(36)30-23-17(5)24(33)20-21(26(23)35)25(34)18(6)28-22(20)27(37-12-38-28)14(2)11-16(4)39-19(7)32/h8-11,34H,12H2,1-7H3,(H,30,36)/b10-8?,13-9?,16-11?,27-14-. The van der Waals surface area contributed by atoms with Crippen molar-refractivity contribution in [3.05, 3.63) is 74.7 Å². The van der Waals surface area contributed by atoms with E-state index in [4.69, 9.17) is 14.2 Å². The van der Waals surface area contributed by atoms with E-state index in [1.54, 1.807) is 19.9 Å². The molecule has 1 aliphatic carbocycles. The Kier molecular flexibility index (Phi) is 8.39. The molecule has 0 aromatic heterocycles. The van der Waals surface area contributed by atoms with Crippen LogP contribution in [0.3, 0.4) is 0 Å². The van der Waals surface area contributed by atoms with Crippen LogP contribution in [0.15, 0.2) is 52.5 Å². The summed E-state index contributed by atoms with van der Waals surface area (Å²) in [4.78, 5) is 62.5. The molecule has 3 rings (SSSR count). The van der Waals surface area contributed by atoms with E-state index in [0.717, 1.165) is 0 Å². The Morgan fingerprint density at radius 1 is 0.949 bits per heavy atom. The fraction of sp³-hybridized carbons (Fsp3) is 0.276. The Hall–Kier alpha value is -4.73. The molecule has 0 atom stereocenters. The van der Waals surface area contributed by atoms with Gasteiger partial charge in [0.25, 0.3) is 5.91 Å². The summed E-state index contributed by atoms with van der Waals surface area (Å²) in [5.74, 6) is -2.56. The molecule has 1 aromatic rings. The lowest BCUT2D eigenvalue weighted by molar-refractivity contribution is -0.136. The van der Waals surface area contributed by atoms with E-state index in [-0.39, 0.29) is 68.9 Å². The number of benzene rings is 1. The summed E-state index contributed by atoms with van der Waals surface area (Å²) in [5, 5.41) is 13.5. The van der Waals surface area contributed by atoms with E-state index >= 15 is 0 Å². The molecular formula is C29H29NO9. The third kappa shape index (κ3) is 5.74. The molecule has 0 saturated heterocycles. The summed E-state index contributed by atoms with van der Waals surface area (Å²) in [7, 11) is 0. The Morgan fingerprint density at radius 2 is 1.62 bits per heavy atom. The predicted molar refractivity (Wildman–Crippen MR) is 141 cm³/mol. The molecule has 1 aliphatic heterocycles. The zero-order chi connectivity index (χ0) is 29.2. The van der Waals surface area contributed by atoms with Crippen molar-refractivity contribution in [2.45, 2.75) is 48.5 Å². The second kappa shape index (κ2) is 11.3. The molecule has 1 heterocycles. The van der Waals surface area contributed by atoms with Gasteiger partial charge in [-0.2, -0.15) is 0 Å². The van der Waals surface area contributed by atoms with Crippen LogP contribution in [-0.4, -0.2) is 41.1 Å². The minimum atomic E-state index is -0.764. The quantitative estimate of drug-likeness (QED) is 0.238. The van der Waals surface area contributed by atoms with Crippen LogP contribution >= 0.6 is 0 Å². The minimum Gasteiger partial charge on any atom is -0.507 e. The smallest absolute Gasteiger partial charge is 0.307 e. The van der Waals surface area contributed by atoms with Crippen LogP contribution in [0.4, 0.5) is 0 Å². The summed E-state index contributed by atoms with van der Waals surface area (Å²) >= 11 is 0. The van der Waals surface area contributed by atoms with Crippen molar-refractivity contribution < 1.29 is 43.3 Å². The SMILES string of the molecule is CC(=O)C=CC=C(C)C(=O)NC1=C(C)C(=O)c2c(c(O)c(C)c3c2/C(=C(\C)C=C(C)OC(C)=O)OCO3)C1=O. The minimum absolute atomic E-state index is 0.0485. The Bertz CT molecular complexity index is 1480. The van der Waals surface area contributed by atoms with Gasteiger partial charge in [0, 0.05) is 23.6 Å². The van der Waals surface area contributed by atoms with Gasteiger partial charge in [-0.25, -0.2) is 0 Å². The van der Waals surface area contributed by atoms with Crippen molar-refractivity contribution in [1.82, 2.24) is 5.32 Å². The number of phenols is 1. The number of aromatic hydroxyl groups is 1. The molecule has 0 fully saturated rings. The number of rotatable bonds is 6. The number of hydrogen-bond donors (Lipinski definition) is 2. The number of esters is 1. The fourth-order valence-electron chi connectivity index (χ4n) is 4.20. The van der Waals surface area contributed by atoms with Gasteiger partial charge in [-0.05, 0) is 59.3 Å². The normalized spacial score (nSPS) is 16.8. The molecule has 0 unspecified atom stereocenters. The highest BCUT2D eigenvalue weighted by atomic mass is 16.7. The fourth-order valence-corrected chi connectivity index (χ4v) is 4.20. The maximum atomic E-state index is 13.7. The molecule has 10 heteroatoms. The van der Waals surface area contributed by atoms with E-state index in [2.05, 4.69) is 5.32 Å². The number of phenolic OH excluding ortho intramolecular Hbond substituents is 1. The third-order valence-corrected chi connectivity index (χ3v) is 6.05. The molecule has 204 valence electrons. The maximum Gasteiger partial charge on any atom is 0.307 e. The number of ether oxygens (including phenoxy) is 3. The van der Waals surface area contributed by atoms with Crippen LogP contribution < -0.4 is 10.1 Å². The van der Waals surface area contributed by atoms with E-state index in [9.17, 15) is 29.1 Å². The second-order valence-electron chi connectivity index (χ2n) is 9.13. The van der Waals surface area contributed by atoms with Gasteiger partial charge in [-0.3, -0.25) is 24.0 Å². The number of Topliss-reactive ketones (excluding diaryl/α,β-unsaturated/α-hetero) is 2. The highest BCUT2D eigenvalue weighted by Gasteiger charge is 2.40. The average molecular weight is 536 g/mol. The number of nitrogens with one attached hydrogen (secondary N) is 1. The third-order valence-electron chi connectivity index (χ3n) is 6.05. The lowest BCUT2D eigenvalue weighted by atomic mass is 9.81. The van der Waals surface area contributed by atoms with Crippen LogP contribution in [0.5, 0.6) is 11.5 Å². The number of carbonyl (C=O) groups is 5. The first kappa shape index (κ1) is 28.8. The van der Waals surface area contributed by atoms with Crippen molar-refractivity contribution in [1.29, 1.82) is 0 Å². The van der Waals surface area contributed by atoms with Gasteiger partial charge in [0.2, 0.25) is 12.6 Å². The maximum absolute atomic E-state index is 13.7. The van der Waals surface area contributed by atoms with Crippen LogP contribution in [0.2, 0.25) is 0 Å². The number of amides is 1. The molecule has 10 nitrogen and oxygen atoms in total. The van der Waals surface area contributed by atoms with E-state index < -0.39 is 29.2 Å². The molecule has 0 saturated carbocycles. The molecule has 1 amide bonds. The topological polar surface area (TPSA) is 145 Å². The van der Waals surface area contributed by atoms with Gasteiger partial charge >= 0.3 is 5.97 Å². The van der Waals surface area contributed by atoms with Gasteiger partial charge in [0.05, 0.1) is 22.4 Å². The summed E-state index contributed by atoms with van der Waals surface area (Å²) in [5.41, 5.74) is 0.286. The zero-order valence-corrected chi connectivity index (χ0v) is 22.7. The molecule has 1 aromatic carbocycles. The van der Waals surface area contributed by atoms with Crippen molar-refractivity contribution in [2.24, 2.45) is 0 Å². The molecule has 0 bridgehead atoms. The van der Waals surface area contributed by atoms with Crippen molar-refractivity contribution in [3.63, 3.8) is 0 Å². The second-order valence-corrected chi connectivity index (χ2v) is 9.13. The summed E-state index contributed by atoms with van der Waals surface area (Å²) in [6.45, 7) is 10.1. The van der Waals surface area contributed by atoms with Crippen molar-refractivity contribution in [3.8, 4) is 11.5 Å². The number of hydrogen-bond acceptors (Lipinski definition) is 9. The van der Waals surface area contributed by atoms with E-state index in [1.807, 2.05) is 0 Å². The molecular weight excluding hydrogens is 506 g/mol. The molecule has 39 heavy (non-hydrogen) atoms. The molecule has 0 radical (unpaired) electrons. The number of allylic oxidation sites excluding steroid dienone is 8. The van der Waals surface area contributed by atoms with Crippen LogP contribution in [0.25, 0.3) is 5.76 Å². The highest BCUT2D eigenvalue weighted by molar-refractivity contribution is 6.30. The monoisotopic (exact) mass is 535 g/mol. The number of ketones is 3. The van der Waals surface area contributed by atoms with Crippen LogP contribution in [0.1, 0.15) is 73.4 Å². The largest absolute Gasteiger partial charge is 0.507 e. The zero-order valence-electron chi connectivity index (χ0n) is 22.7. The Labute approximate surface area is 225 Å². The Balaban J connectivity index is 2.18. The lowest BCUT2D eigenvalue weighted by Gasteiger charge is -2.30. The Morgan fingerprint density at radius 3 is 2.23 bits per heavy atom. The average Bonchev–Trinajstić information content (AvgIpc) is 2.85. The highest BCUT2D eigenvalue weighted by Crippen LogP contribution is 2.47. The lowest BCUT2D eigenvalue weighted by Crippen LogP contribution is -2.35. The van der Waals surface area contributed by atoms with Gasteiger partial charge in [-0.1, -0.05) is 12.2 Å². The molecule has 0 spiro atoms. The van der Waals surface area contributed by atoms with Gasteiger partial charge in [0.1, 0.15) is 23.0 Å². The first-order valence-electron chi connectivity index (χ1n) is 12.0. The summed E-state index contributed by atoms with van der Waals surface area (Å²) < 4.78 is 16.5. The number of carbonyl (C=O) groups excluding carboxylic acids is 5. The van der Waals surface area contributed by atoms with Crippen molar-refractivity contribution >= 4 is 35.0 Å². The molecule has 2 aliphatic rings. The van der Waals surface area contributed by atoms with E-state index in [1.165, 1.54) is 52.8 Å². The van der Waals surface area contributed by atoms with Gasteiger partial charge in [0.15, 0.2) is 11.6 Å². The van der Waals surface area contributed by atoms with Crippen LogP contribution in [-0.2, 0) is 23.9 Å². The van der Waals surface area contributed by atoms with E-state index in [0.29, 0.717) is 5.57 Å². The number of fused-ring (bicyclic) bond motifs is 3. The predicted octanol–water partition coefficient (Wildman–Crippen LogP) is 4.13. The first-order valence-corrected chi connectivity index (χ1v) is 12.0. The molecule has 2 N–H and O–H groups in total. The van der Waals surface area contributed by atoms with Crippen LogP contribution in [0, 0.1) is 6.92 Å². The van der Waals surface area contributed by atoms with Gasteiger partial charge in [-0.15, -0.1) is 0 Å². The first-order chi connectivity index (χ1) is 18.3. The summed E-state index contributed by atoms with van der Waals surface area (Å²) in [6.07, 6.45) is 5.61. The van der Waals surface area contributed by atoms with Gasteiger partial charge < -0.3 is 24.6 Å². The summed E-state index contributed by atoms with van der Waals surface area (Å²) in [6, 6.07) is 0. The van der Waals surface area contributed by atoms with Crippen molar-refractivity contribution in [2.75, 3.05) is 6.79 Å².